The maximum absolute atomic E-state index is 11.7. The quantitative estimate of drug-likeness (QED) is 0.278. The first-order chi connectivity index (χ1) is 12.6. The van der Waals surface area contributed by atoms with Crippen LogP contribution in [0, 0.1) is 6.92 Å². The third-order valence-corrected chi connectivity index (χ3v) is 3.41. The van der Waals surface area contributed by atoms with Crippen molar-refractivity contribution in [1.29, 1.82) is 0 Å². The van der Waals surface area contributed by atoms with Gasteiger partial charge in [0.1, 0.15) is 5.75 Å². The van der Waals surface area contributed by atoms with Gasteiger partial charge in [-0.2, -0.15) is 0 Å². The smallest absolute Gasteiger partial charge is 0.313 e. The van der Waals surface area contributed by atoms with Gasteiger partial charge >= 0.3 is 5.97 Å². The number of aryl methyl sites for hydroxylation is 1. The lowest BCUT2D eigenvalue weighted by molar-refractivity contribution is -0.135. The van der Waals surface area contributed by atoms with Crippen molar-refractivity contribution in [2.24, 2.45) is 0 Å². The predicted molar refractivity (Wildman–Crippen MR) is 96.8 cm³/mol. The molecule has 8 heteroatoms. The molecule has 0 heterocycles. The Labute approximate surface area is 159 Å². The number of halogens is 1. The van der Waals surface area contributed by atoms with Crippen LogP contribution in [0.1, 0.15) is 12.0 Å². The van der Waals surface area contributed by atoms with Crippen LogP contribution in [-0.2, 0) is 23.7 Å². The summed E-state index contributed by atoms with van der Waals surface area (Å²) in [7, 11) is 0. The fourth-order valence-electron chi connectivity index (χ4n) is 1.84. The molecule has 0 fully saturated rings. The molecule has 0 unspecified atom stereocenters. The van der Waals surface area contributed by atoms with E-state index in [4.69, 9.17) is 40.4 Å². The monoisotopic (exact) mass is 390 g/mol. The number of rotatable bonds is 15. The van der Waals surface area contributed by atoms with Crippen molar-refractivity contribution in [3.63, 3.8) is 0 Å². The van der Waals surface area contributed by atoms with E-state index in [2.05, 4.69) is 0 Å². The fraction of sp³-hybridized carbons (Fsp3) is 0.611. The molecular formula is C18H27ClO7. The first-order valence-corrected chi connectivity index (χ1v) is 8.90. The first kappa shape index (κ1) is 22.8. The van der Waals surface area contributed by atoms with Crippen LogP contribution in [-0.4, -0.2) is 70.5 Å². The van der Waals surface area contributed by atoms with E-state index in [0.717, 1.165) is 5.56 Å². The van der Waals surface area contributed by atoms with Crippen LogP contribution in [0.4, 0.5) is 0 Å². The topological polar surface area (TPSA) is 83.5 Å². The van der Waals surface area contributed by atoms with Gasteiger partial charge in [0.2, 0.25) is 0 Å². The van der Waals surface area contributed by atoms with Crippen molar-refractivity contribution in [2.75, 3.05) is 59.5 Å². The zero-order chi connectivity index (χ0) is 19.0. The minimum absolute atomic E-state index is 0.0144. The van der Waals surface area contributed by atoms with Crippen LogP contribution in [0.15, 0.2) is 18.2 Å². The van der Waals surface area contributed by atoms with Gasteiger partial charge in [0.25, 0.3) is 0 Å². The molecule has 0 aliphatic carbocycles. The number of carbonyl (C=O) groups excluding carboxylic acids is 1. The van der Waals surface area contributed by atoms with E-state index in [1.807, 2.05) is 13.0 Å². The molecule has 0 amide bonds. The molecule has 0 saturated heterocycles. The van der Waals surface area contributed by atoms with Crippen LogP contribution in [0.5, 0.6) is 5.75 Å². The van der Waals surface area contributed by atoms with Gasteiger partial charge in [-0.1, -0.05) is 17.7 Å². The molecule has 26 heavy (non-hydrogen) atoms. The van der Waals surface area contributed by atoms with Crippen molar-refractivity contribution < 1.29 is 33.6 Å². The Balaban J connectivity index is 1.92. The van der Waals surface area contributed by atoms with E-state index in [1.54, 1.807) is 12.1 Å². The second-order valence-corrected chi connectivity index (χ2v) is 5.74. The summed E-state index contributed by atoms with van der Waals surface area (Å²) >= 11 is 6.01. The Morgan fingerprint density at radius 2 is 1.46 bits per heavy atom. The minimum Gasteiger partial charge on any atom is -0.425 e. The molecule has 0 saturated carbocycles. The Morgan fingerprint density at radius 3 is 2.00 bits per heavy atom. The van der Waals surface area contributed by atoms with Crippen LogP contribution >= 0.6 is 11.6 Å². The highest BCUT2D eigenvalue weighted by molar-refractivity contribution is 6.32. The molecule has 1 N–H and O–H groups in total. The molecule has 0 aliphatic rings. The largest absolute Gasteiger partial charge is 0.425 e. The summed E-state index contributed by atoms with van der Waals surface area (Å²) in [6.45, 7) is 5.15. The van der Waals surface area contributed by atoms with E-state index in [0.29, 0.717) is 57.0 Å². The van der Waals surface area contributed by atoms with E-state index in [9.17, 15) is 4.79 Å². The van der Waals surface area contributed by atoms with Crippen LogP contribution in [0.2, 0.25) is 5.02 Å². The molecule has 148 valence electrons. The summed E-state index contributed by atoms with van der Waals surface area (Å²) in [6, 6.07) is 5.24. The highest BCUT2D eigenvalue weighted by Gasteiger charge is 2.08. The zero-order valence-corrected chi connectivity index (χ0v) is 15.8. The van der Waals surface area contributed by atoms with Crippen molar-refractivity contribution in [1.82, 2.24) is 0 Å². The highest BCUT2D eigenvalue weighted by Crippen LogP contribution is 2.25. The maximum atomic E-state index is 11.7. The number of aliphatic hydroxyl groups is 1. The Kier molecular flexibility index (Phi) is 13.1. The van der Waals surface area contributed by atoms with Crippen LogP contribution in [0.25, 0.3) is 0 Å². The molecule has 0 radical (unpaired) electrons. The van der Waals surface area contributed by atoms with Gasteiger partial charge < -0.3 is 28.8 Å². The summed E-state index contributed by atoms with van der Waals surface area (Å²) < 4.78 is 26.1. The third kappa shape index (κ3) is 11.4. The molecule has 0 bridgehead atoms. The molecule has 1 aromatic rings. The number of esters is 1. The number of hydrogen-bond acceptors (Lipinski definition) is 7. The standard InChI is InChI=1S/C18H27ClO7/c1-15-2-3-17(16(19)14-15)26-18(21)4-6-22-8-10-24-12-13-25-11-9-23-7-5-20/h2-3,14,20H,4-13H2,1H3. The lowest BCUT2D eigenvalue weighted by Crippen LogP contribution is -2.14. The summed E-state index contributed by atoms with van der Waals surface area (Å²) in [5, 5.41) is 8.93. The van der Waals surface area contributed by atoms with Gasteiger partial charge in [0.15, 0.2) is 0 Å². The number of ether oxygens (including phenoxy) is 5. The SMILES string of the molecule is Cc1ccc(OC(=O)CCOCCOCCOCCOCCO)c(Cl)c1. The summed E-state index contributed by atoms with van der Waals surface area (Å²) in [6.07, 6.45) is 0.140. The van der Waals surface area contributed by atoms with Gasteiger partial charge in [-0.25, -0.2) is 0 Å². The van der Waals surface area contributed by atoms with E-state index >= 15 is 0 Å². The number of aliphatic hydroxyl groups excluding tert-OH is 1. The average molecular weight is 391 g/mol. The zero-order valence-electron chi connectivity index (χ0n) is 15.1. The van der Waals surface area contributed by atoms with Gasteiger partial charge in [0, 0.05) is 0 Å². The normalized spacial score (nSPS) is 10.9. The molecule has 1 rings (SSSR count). The Morgan fingerprint density at radius 1 is 0.923 bits per heavy atom. The van der Waals surface area contributed by atoms with Gasteiger partial charge in [-0.05, 0) is 24.6 Å². The predicted octanol–water partition coefficient (Wildman–Crippen LogP) is 2.00. The number of hydrogen-bond donors (Lipinski definition) is 1. The molecular weight excluding hydrogens is 364 g/mol. The van der Waals surface area contributed by atoms with E-state index in [-0.39, 0.29) is 19.6 Å². The molecule has 0 spiro atoms. The second kappa shape index (κ2) is 14.9. The minimum atomic E-state index is -0.395. The summed E-state index contributed by atoms with van der Waals surface area (Å²) in [4.78, 5) is 11.7. The first-order valence-electron chi connectivity index (χ1n) is 8.52. The molecule has 0 aromatic heterocycles. The van der Waals surface area contributed by atoms with Gasteiger partial charge in [-0.3, -0.25) is 4.79 Å². The molecule has 0 atom stereocenters. The van der Waals surface area contributed by atoms with Crippen LogP contribution in [0.3, 0.4) is 0 Å². The highest BCUT2D eigenvalue weighted by atomic mass is 35.5. The lowest BCUT2D eigenvalue weighted by atomic mass is 10.2. The lowest BCUT2D eigenvalue weighted by Gasteiger charge is -2.08. The number of benzene rings is 1. The van der Waals surface area contributed by atoms with E-state index in [1.165, 1.54) is 0 Å². The van der Waals surface area contributed by atoms with Crippen molar-refractivity contribution in [3.8, 4) is 5.75 Å². The second-order valence-electron chi connectivity index (χ2n) is 5.33. The molecule has 1 aromatic carbocycles. The molecule has 7 nitrogen and oxygen atoms in total. The number of carbonyl (C=O) groups is 1. The van der Waals surface area contributed by atoms with Gasteiger partial charge in [0.05, 0.1) is 70.9 Å². The summed E-state index contributed by atoms with van der Waals surface area (Å²) in [5.41, 5.74) is 0.999. The summed E-state index contributed by atoms with van der Waals surface area (Å²) in [5.74, 6) is -0.0409. The van der Waals surface area contributed by atoms with Crippen LogP contribution < -0.4 is 4.74 Å². The molecule has 0 aliphatic heterocycles. The van der Waals surface area contributed by atoms with Crippen molar-refractivity contribution in [3.05, 3.63) is 28.8 Å². The van der Waals surface area contributed by atoms with Gasteiger partial charge in [-0.15, -0.1) is 0 Å². The van der Waals surface area contributed by atoms with Crippen molar-refractivity contribution in [2.45, 2.75) is 13.3 Å². The maximum Gasteiger partial charge on any atom is 0.313 e. The van der Waals surface area contributed by atoms with Crippen molar-refractivity contribution >= 4 is 17.6 Å². The van der Waals surface area contributed by atoms with E-state index < -0.39 is 5.97 Å². The third-order valence-electron chi connectivity index (χ3n) is 3.11. The Hall–Kier alpha value is -1.22. The fourth-order valence-corrected chi connectivity index (χ4v) is 2.12. The average Bonchev–Trinajstić information content (AvgIpc) is 2.61. The Bertz CT molecular complexity index is 510.